The maximum Gasteiger partial charge on any atom is 0.352 e. The van der Waals surface area contributed by atoms with Crippen molar-refractivity contribution >= 4 is 16.9 Å². The van der Waals surface area contributed by atoms with Crippen molar-refractivity contribution in [3.05, 3.63) is 35.5 Å². The number of aromatic nitrogens is 1. The van der Waals surface area contributed by atoms with Gasteiger partial charge in [-0.05, 0) is 61.8 Å². The minimum atomic E-state index is -0.910. The standard InChI is InChI=1S/C17H19NO3/c19-16(20)15-9-13-8-11(2-3-14(13)18-15)12-4-7-21-17(10-12)5-1-6-17/h2-3,8-9,12,18H,1,4-7,10H2,(H,19,20)/t12-/m0/s1. The number of rotatable bonds is 2. The molecular weight excluding hydrogens is 266 g/mol. The molecule has 0 bridgehead atoms. The fourth-order valence-electron chi connectivity index (χ4n) is 3.75. The number of carbonyl (C=O) groups is 1. The molecule has 4 rings (SSSR count). The smallest absolute Gasteiger partial charge is 0.352 e. The van der Waals surface area contributed by atoms with Gasteiger partial charge < -0.3 is 14.8 Å². The summed E-state index contributed by atoms with van der Waals surface area (Å²) < 4.78 is 5.99. The van der Waals surface area contributed by atoms with Crippen molar-refractivity contribution < 1.29 is 14.6 Å². The lowest BCUT2D eigenvalue weighted by Gasteiger charge is -2.47. The van der Waals surface area contributed by atoms with Gasteiger partial charge in [-0.15, -0.1) is 0 Å². The van der Waals surface area contributed by atoms with Gasteiger partial charge in [-0.3, -0.25) is 0 Å². The third-order valence-corrected chi connectivity index (χ3v) is 5.10. The summed E-state index contributed by atoms with van der Waals surface area (Å²) in [6, 6.07) is 7.99. The first-order chi connectivity index (χ1) is 10.2. The summed E-state index contributed by atoms with van der Waals surface area (Å²) in [7, 11) is 0. The summed E-state index contributed by atoms with van der Waals surface area (Å²) in [5, 5.41) is 10.0. The number of H-pyrrole nitrogens is 1. The van der Waals surface area contributed by atoms with Gasteiger partial charge >= 0.3 is 5.97 Å². The number of nitrogens with one attached hydrogen (secondary N) is 1. The Morgan fingerprint density at radius 2 is 2.19 bits per heavy atom. The third-order valence-electron chi connectivity index (χ3n) is 5.10. The molecule has 1 aliphatic heterocycles. The minimum Gasteiger partial charge on any atom is -0.477 e. The maximum atomic E-state index is 11.0. The van der Waals surface area contributed by atoms with Crippen molar-refractivity contribution in [1.82, 2.24) is 4.98 Å². The van der Waals surface area contributed by atoms with E-state index in [1.165, 1.54) is 24.8 Å². The molecule has 0 unspecified atom stereocenters. The van der Waals surface area contributed by atoms with E-state index in [-0.39, 0.29) is 11.3 Å². The number of benzene rings is 1. The van der Waals surface area contributed by atoms with E-state index in [2.05, 4.69) is 17.1 Å². The van der Waals surface area contributed by atoms with Crippen LogP contribution in [-0.2, 0) is 4.74 Å². The second-order valence-corrected chi connectivity index (χ2v) is 6.41. The summed E-state index contributed by atoms with van der Waals surface area (Å²) in [6.07, 6.45) is 5.84. The van der Waals surface area contributed by atoms with E-state index in [0.717, 1.165) is 30.4 Å². The number of fused-ring (bicyclic) bond motifs is 1. The Hall–Kier alpha value is -1.81. The number of hydrogen-bond donors (Lipinski definition) is 2. The van der Waals surface area contributed by atoms with Crippen molar-refractivity contribution in [1.29, 1.82) is 0 Å². The van der Waals surface area contributed by atoms with Crippen molar-refractivity contribution in [2.75, 3.05) is 6.61 Å². The number of aromatic carboxylic acids is 1. The maximum absolute atomic E-state index is 11.0. The van der Waals surface area contributed by atoms with E-state index in [4.69, 9.17) is 9.84 Å². The molecule has 1 aliphatic carbocycles. The minimum absolute atomic E-state index is 0.141. The molecule has 1 saturated heterocycles. The molecule has 110 valence electrons. The van der Waals surface area contributed by atoms with Gasteiger partial charge in [-0.2, -0.15) is 0 Å². The van der Waals surface area contributed by atoms with Crippen LogP contribution in [0.5, 0.6) is 0 Å². The van der Waals surface area contributed by atoms with Gasteiger partial charge in [-0.1, -0.05) is 6.07 Å². The van der Waals surface area contributed by atoms with Crippen molar-refractivity contribution in [3.8, 4) is 0 Å². The fourth-order valence-corrected chi connectivity index (χ4v) is 3.75. The molecular formula is C17H19NO3. The van der Waals surface area contributed by atoms with E-state index in [1.807, 2.05) is 6.07 Å². The van der Waals surface area contributed by atoms with E-state index in [1.54, 1.807) is 6.07 Å². The summed E-state index contributed by atoms with van der Waals surface area (Å²) in [6.45, 7) is 0.843. The van der Waals surface area contributed by atoms with Crippen LogP contribution >= 0.6 is 0 Å². The predicted octanol–water partition coefficient (Wildman–Crippen LogP) is 3.68. The number of carboxylic acids is 1. The first-order valence-corrected chi connectivity index (χ1v) is 7.65. The second-order valence-electron chi connectivity index (χ2n) is 6.41. The first kappa shape index (κ1) is 12.9. The van der Waals surface area contributed by atoms with E-state index >= 15 is 0 Å². The molecule has 1 aromatic heterocycles. The van der Waals surface area contributed by atoms with E-state index < -0.39 is 5.97 Å². The summed E-state index contributed by atoms with van der Waals surface area (Å²) in [5.74, 6) is -0.376. The van der Waals surface area contributed by atoms with Crippen molar-refractivity contribution in [3.63, 3.8) is 0 Å². The van der Waals surface area contributed by atoms with Gasteiger partial charge in [-0.25, -0.2) is 4.79 Å². The Bertz CT molecular complexity index is 699. The molecule has 1 saturated carbocycles. The van der Waals surface area contributed by atoms with Crippen LogP contribution < -0.4 is 0 Å². The van der Waals surface area contributed by atoms with Gasteiger partial charge in [0, 0.05) is 17.5 Å². The Morgan fingerprint density at radius 3 is 2.90 bits per heavy atom. The molecule has 1 aromatic carbocycles. The highest BCUT2D eigenvalue weighted by atomic mass is 16.5. The summed E-state index contributed by atoms with van der Waals surface area (Å²) in [5.41, 5.74) is 2.60. The fraction of sp³-hybridized carbons (Fsp3) is 0.471. The highest BCUT2D eigenvalue weighted by Gasteiger charge is 2.42. The SMILES string of the molecule is O=C(O)c1cc2cc([C@H]3CCOC4(CCC4)C3)ccc2[nH]1. The molecule has 2 fully saturated rings. The lowest BCUT2D eigenvalue weighted by molar-refractivity contribution is -0.133. The zero-order valence-electron chi connectivity index (χ0n) is 11.9. The highest BCUT2D eigenvalue weighted by Crippen LogP contribution is 2.47. The van der Waals surface area contributed by atoms with Gasteiger partial charge in [0.2, 0.25) is 0 Å². The molecule has 0 radical (unpaired) electrons. The van der Waals surface area contributed by atoms with Crippen LogP contribution in [-0.4, -0.2) is 28.3 Å². The molecule has 4 nitrogen and oxygen atoms in total. The molecule has 1 spiro atoms. The van der Waals surface area contributed by atoms with Crippen molar-refractivity contribution in [2.24, 2.45) is 0 Å². The quantitative estimate of drug-likeness (QED) is 0.884. The molecule has 0 amide bonds. The van der Waals surface area contributed by atoms with Crippen LogP contribution in [0.3, 0.4) is 0 Å². The third kappa shape index (κ3) is 2.14. The number of carboxylic acid groups (broad SMARTS) is 1. The molecule has 4 heteroatoms. The van der Waals surface area contributed by atoms with Crippen molar-refractivity contribution in [2.45, 2.75) is 43.6 Å². The Balaban J connectivity index is 1.65. The van der Waals surface area contributed by atoms with E-state index in [9.17, 15) is 4.79 Å². The zero-order valence-corrected chi connectivity index (χ0v) is 11.9. The monoisotopic (exact) mass is 285 g/mol. The molecule has 1 atom stereocenters. The highest BCUT2D eigenvalue weighted by molar-refractivity contribution is 5.93. The number of ether oxygens (including phenoxy) is 1. The van der Waals surface area contributed by atoms with Gasteiger partial charge in [0.1, 0.15) is 5.69 Å². The van der Waals surface area contributed by atoms with Crippen LogP contribution in [0, 0.1) is 0 Å². The van der Waals surface area contributed by atoms with Gasteiger partial charge in [0.25, 0.3) is 0 Å². The summed E-state index contributed by atoms with van der Waals surface area (Å²) >= 11 is 0. The molecule has 2 heterocycles. The van der Waals surface area contributed by atoms with Crippen LogP contribution in [0.1, 0.15) is 54.1 Å². The topological polar surface area (TPSA) is 62.3 Å². The van der Waals surface area contributed by atoms with Crippen LogP contribution in [0.4, 0.5) is 0 Å². The van der Waals surface area contributed by atoms with Crippen LogP contribution in [0.2, 0.25) is 0 Å². The predicted molar refractivity (Wildman–Crippen MR) is 79.8 cm³/mol. The zero-order chi connectivity index (χ0) is 14.4. The Labute approximate surface area is 123 Å². The Morgan fingerprint density at radius 1 is 1.33 bits per heavy atom. The molecule has 2 aromatic rings. The average molecular weight is 285 g/mol. The summed E-state index contributed by atoms with van der Waals surface area (Å²) in [4.78, 5) is 14.0. The number of hydrogen-bond acceptors (Lipinski definition) is 2. The van der Waals surface area contributed by atoms with E-state index in [0.29, 0.717) is 5.92 Å². The average Bonchev–Trinajstić information content (AvgIpc) is 2.89. The van der Waals surface area contributed by atoms with Crippen LogP contribution in [0.15, 0.2) is 24.3 Å². The largest absolute Gasteiger partial charge is 0.477 e. The lowest BCUT2D eigenvalue weighted by atomic mass is 9.70. The number of aromatic amines is 1. The lowest BCUT2D eigenvalue weighted by Crippen LogP contribution is -2.44. The second kappa shape index (κ2) is 4.60. The molecule has 21 heavy (non-hydrogen) atoms. The first-order valence-electron chi connectivity index (χ1n) is 7.65. The Kier molecular flexibility index (Phi) is 2.82. The molecule has 2 N–H and O–H groups in total. The van der Waals surface area contributed by atoms with Gasteiger partial charge in [0.05, 0.1) is 5.60 Å². The normalized spacial score (nSPS) is 24.1. The van der Waals surface area contributed by atoms with Crippen LogP contribution in [0.25, 0.3) is 10.9 Å². The van der Waals surface area contributed by atoms with Gasteiger partial charge in [0.15, 0.2) is 0 Å². The molecule has 2 aliphatic rings.